The Bertz CT molecular complexity index is 444. The van der Waals surface area contributed by atoms with Crippen LogP contribution in [0.2, 0.25) is 0 Å². The van der Waals surface area contributed by atoms with Gasteiger partial charge in [0.05, 0.1) is 11.7 Å². The number of nitrogen functional groups attached to an aromatic ring is 1. The third-order valence-corrected chi connectivity index (χ3v) is 4.32. The molecule has 1 aliphatic carbocycles. The van der Waals surface area contributed by atoms with E-state index in [2.05, 4.69) is 20.0 Å². The molecule has 3 heterocycles. The van der Waals surface area contributed by atoms with E-state index in [9.17, 15) is 0 Å². The molecule has 5 nitrogen and oxygen atoms in total. The normalized spacial score (nSPS) is 25.6. The van der Waals surface area contributed by atoms with Crippen LogP contribution >= 0.6 is 0 Å². The predicted molar refractivity (Wildman–Crippen MR) is 65.7 cm³/mol. The average molecular weight is 233 g/mol. The number of hydrogen-bond acceptors (Lipinski definition) is 4. The summed E-state index contributed by atoms with van der Waals surface area (Å²) in [6.07, 6.45) is 3.84. The van der Waals surface area contributed by atoms with Crippen molar-refractivity contribution in [3.8, 4) is 0 Å². The summed E-state index contributed by atoms with van der Waals surface area (Å²) in [5.74, 6) is 0.766. The lowest BCUT2D eigenvalue weighted by Gasteiger charge is -2.32. The third kappa shape index (κ3) is 1.49. The van der Waals surface area contributed by atoms with Crippen molar-refractivity contribution < 1.29 is 0 Å². The summed E-state index contributed by atoms with van der Waals surface area (Å²) in [7, 11) is 0. The topological polar surface area (TPSA) is 59.1 Å². The zero-order valence-electron chi connectivity index (χ0n) is 10.0. The van der Waals surface area contributed by atoms with E-state index in [1.165, 1.54) is 24.1 Å². The van der Waals surface area contributed by atoms with Crippen molar-refractivity contribution in [2.75, 3.05) is 25.4 Å². The van der Waals surface area contributed by atoms with Crippen molar-refractivity contribution in [1.29, 1.82) is 0 Å². The zero-order chi connectivity index (χ0) is 11.4. The lowest BCUT2D eigenvalue weighted by atomic mass is 10.1. The summed E-state index contributed by atoms with van der Waals surface area (Å²) in [4.78, 5) is 2.60. The molecule has 3 aliphatic rings. The first-order valence-corrected chi connectivity index (χ1v) is 6.63. The fourth-order valence-electron chi connectivity index (χ4n) is 2.99. The SMILES string of the molecule is Nc1nn(C2CNC2)c2c1CCN(C1CC1)C2. The molecule has 2 fully saturated rings. The highest BCUT2D eigenvalue weighted by Gasteiger charge is 2.35. The molecule has 1 saturated heterocycles. The van der Waals surface area contributed by atoms with Gasteiger partial charge in [-0.2, -0.15) is 5.10 Å². The summed E-state index contributed by atoms with van der Waals surface area (Å²) in [6, 6.07) is 1.37. The van der Waals surface area contributed by atoms with Gasteiger partial charge in [0.15, 0.2) is 0 Å². The quantitative estimate of drug-likeness (QED) is 0.762. The number of fused-ring (bicyclic) bond motifs is 1. The molecule has 2 aliphatic heterocycles. The summed E-state index contributed by atoms with van der Waals surface area (Å²) in [5, 5.41) is 7.86. The Balaban J connectivity index is 1.68. The fraction of sp³-hybridized carbons (Fsp3) is 0.750. The number of anilines is 1. The Morgan fingerprint density at radius 3 is 2.71 bits per heavy atom. The lowest BCUT2D eigenvalue weighted by molar-refractivity contribution is 0.222. The largest absolute Gasteiger partial charge is 0.382 e. The van der Waals surface area contributed by atoms with Crippen molar-refractivity contribution in [2.45, 2.75) is 37.9 Å². The molecule has 5 heteroatoms. The van der Waals surface area contributed by atoms with Gasteiger partial charge in [-0.1, -0.05) is 0 Å². The molecule has 0 bridgehead atoms. The van der Waals surface area contributed by atoms with Gasteiger partial charge in [0.2, 0.25) is 0 Å². The number of hydrogen-bond donors (Lipinski definition) is 2. The van der Waals surface area contributed by atoms with E-state index >= 15 is 0 Å². The van der Waals surface area contributed by atoms with Crippen LogP contribution in [0.15, 0.2) is 0 Å². The third-order valence-electron chi connectivity index (χ3n) is 4.32. The molecular formula is C12H19N5. The summed E-state index contributed by atoms with van der Waals surface area (Å²) in [5.41, 5.74) is 8.74. The fourth-order valence-corrected chi connectivity index (χ4v) is 2.99. The Morgan fingerprint density at radius 1 is 1.24 bits per heavy atom. The van der Waals surface area contributed by atoms with Gasteiger partial charge in [0, 0.05) is 37.8 Å². The molecule has 17 heavy (non-hydrogen) atoms. The first kappa shape index (κ1) is 9.91. The highest BCUT2D eigenvalue weighted by atomic mass is 15.4. The maximum absolute atomic E-state index is 6.05. The Hall–Kier alpha value is -1.07. The van der Waals surface area contributed by atoms with Gasteiger partial charge in [-0.3, -0.25) is 9.58 Å². The van der Waals surface area contributed by atoms with Gasteiger partial charge in [-0.05, 0) is 19.3 Å². The van der Waals surface area contributed by atoms with Crippen LogP contribution < -0.4 is 11.1 Å². The minimum Gasteiger partial charge on any atom is -0.382 e. The molecule has 92 valence electrons. The molecule has 0 aromatic carbocycles. The van der Waals surface area contributed by atoms with Crippen LogP contribution in [0.5, 0.6) is 0 Å². The molecule has 1 saturated carbocycles. The average Bonchev–Trinajstić information content (AvgIpc) is 3.05. The Morgan fingerprint density at radius 2 is 2.06 bits per heavy atom. The van der Waals surface area contributed by atoms with E-state index in [1.807, 2.05) is 0 Å². The minimum absolute atomic E-state index is 0.528. The molecule has 4 rings (SSSR count). The van der Waals surface area contributed by atoms with E-state index in [0.717, 1.165) is 44.5 Å². The molecule has 0 unspecified atom stereocenters. The number of aromatic nitrogens is 2. The monoisotopic (exact) mass is 233 g/mol. The number of rotatable bonds is 2. The maximum Gasteiger partial charge on any atom is 0.149 e. The van der Waals surface area contributed by atoms with Gasteiger partial charge in [-0.15, -0.1) is 0 Å². The van der Waals surface area contributed by atoms with Crippen LogP contribution in [0.3, 0.4) is 0 Å². The molecule has 0 spiro atoms. The second-order valence-electron chi connectivity index (χ2n) is 5.52. The molecule has 1 aromatic rings. The van der Waals surface area contributed by atoms with Gasteiger partial charge < -0.3 is 11.1 Å². The van der Waals surface area contributed by atoms with Crippen LogP contribution in [0, 0.1) is 0 Å². The molecule has 0 atom stereocenters. The number of nitrogens with zero attached hydrogens (tertiary/aromatic N) is 3. The zero-order valence-corrected chi connectivity index (χ0v) is 10.0. The van der Waals surface area contributed by atoms with Crippen molar-refractivity contribution >= 4 is 5.82 Å². The second kappa shape index (κ2) is 3.46. The number of nitrogens with two attached hydrogens (primary N) is 1. The van der Waals surface area contributed by atoms with E-state index in [1.54, 1.807) is 0 Å². The highest BCUT2D eigenvalue weighted by Crippen LogP contribution is 2.34. The Labute approximate surface area is 101 Å². The standard InChI is InChI=1S/C12H19N5/c13-12-10-3-4-16(8-1-2-8)7-11(10)17(15-12)9-5-14-6-9/h8-9,14H,1-7H2,(H2,13,15). The molecule has 0 radical (unpaired) electrons. The van der Waals surface area contributed by atoms with Crippen molar-refractivity contribution in [1.82, 2.24) is 20.0 Å². The molecule has 0 amide bonds. The predicted octanol–water partition coefficient (Wildman–Crippen LogP) is 0.130. The molecule has 3 N–H and O–H groups in total. The smallest absolute Gasteiger partial charge is 0.149 e. The van der Waals surface area contributed by atoms with E-state index < -0.39 is 0 Å². The van der Waals surface area contributed by atoms with Crippen LogP contribution in [-0.4, -0.2) is 40.4 Å². The van der Waals surface area contributed by atoms with Crippen LogP contribution in [0.1, 0.15) is 30.1 Å². The van der Waals surface area contributed by atoms with Crippen molar-refractivity contribution in [3.05, 3.63) is 11.3 Å². The number of nitrogens with one attached hydrogen (secondary N) is 1. The van der Waals surface area contributed by atoms with Gasteiger partial charge in [0.1, 0.15) is 5.82 Å². The van der Waals surface area contributed by atoms with E-state index in [-0.39, 0.29) is 0 Å². The van der Waals surface area contributed by atoms with Crippen molar-refractivity contribution in [2.24, 2.45) is 0 Å². The molecular weight excluding hydrogens is 214 g/mol. The van der Waals surface area contributed by atoms with Gasteiger partial charge >= 0.3 is 0 Å². The van der Waals surface area contributed by atoms with E-state index in [4.69, 9.17) is 5.73 Å². The Kier molecular flexibility index (Phi) is 2.02. The summed E-state index contributed by atoms with van der Waals surface area (Å²) >= 11 is 0. The first-order chi connectivity index (χ1) is 8.33. The lowest BCUT2D eigenvalue weighted by Crippen LogP contribution is -2.45. The van der Waals surface area contributed by atoms with Crippen molar-refractivity contribution in [3.63, 3.8) is 0 Å². The second-order valence-corrected chi connectivity index (χ2v) is 5.52. The van der Waals surface area contributed by atoms with E-state index in [0.29, 0.717) is 6.04 Å². The highest BCUT2D eigenvalue weighted by molar-refractivity contribution is 5.44. The first-order valence-electron chi connectivity index (χ1n) is 6.63. The van der Waals surface area contributed by atoms with Crippen LogP contribution in [-0.2, 0) is 13.0 Å². The van der Waals surface area contributed by atoms with Crippen LogP contribution in [0.25, 0.3) is 0 Å². The van der Waals surface area contributed by atoms with Crippen LogP contribution in [0.4, 0.5) is 5.82 Å². The van der Waals surface area contributed by atoms with Gasteiger partial charge in [-0.25, -0.2) is 0 Å². The van der Waals surface area contributed by atoms with Gasteiger partial charge in [0.25, 0.3) is 0 Å². The minimum atomic E-state index is 0.528. The summed E-state index contributed by atoms with van der Waals surface area (Å²) in [6.45, 7) is 4.30. The summed E-state index contributed by atoms with van der Waals surface area (Å²) < 4.78 is 2.19. The maximum atomic E-state index is 6.05. The molecule has 1 aromatic heterocycles.